The van der Waals surface area contributed by atoms with E-state index in [1.807, 2.05) is 37.3 Å². The van der Waals surface area contributed by atoms with Crippen LogP contribution in [0.3, 0.4) is 0 Å². The lowest BCUT2D eigenvalue weighted by atomic mass is 10.3. The Hall–Kier alpha value is -1.06. The number of anilines is 1. The van der Waals surface area contributed by atoms with Gasteiger partial charge in [-0.25, -0.2) is 0 Å². The number of ether oxygens (including phenoxy) is 1. The molecule has 0 saturated carbocycles. The molecule has 0 atom stereocenters. The zero-order valence-corrected chi connectivity index (χ0v) is 9.22. The van der Waals surface area contributed by atoms with E-state index in [4.69, 9.17) is 9.84 Å². The van der Waals surface area contributed by atoms with Crippen LogP contribution in [0.15, 0.2) is 30.3 Å². The maximum atomic E-state index is 8.97. The summed E-state index contributed by atoms with van der Waals surface area (Å²) in [4.78, 5) is 2.12. The summed E-state index contributed by atoms with van der Waals surface area (Å²) in [6, 6.07) is 10.1. The Kier molecular flexibility index (Phi) is 5.81. The van der Waals surface area contributed by atoms with Crippen LogP contribution >= 0.6 is 0 Å². The van der Waals surface area contributed by atoms with Crippen molar-refractivity contribution in [2.45, 2.75) is 6.92 Å². The quantitative estimate of drug-likeness (QED) is 0.691. The van der Waals surface area contributed by atoms with Gasteiger partial charge < -0.3 is 14.7 Å². The van der Waals surface area contributed by atoms with Crippen LogP contribution < -0.4 is 4.90 Å². The molecule has 0 unspecified atom stereocenters. The highest BCUT2D eigenvalue weighted by molar-refractivity contribution is 5.45. The van der Waals surface area contributed by atoms with Crippen LogP contribution in [0.25, 0.3) is 0 Å². The van der Waals surface area contributed by atoms with Gasteiger partial charge in [0.2, 0.25) is 0 Å². The van der Waals surface area contributed by atoms with Gasteiger partial charge >= 0.3 is 0 Å². The molecular weight excluding hydrogens is 190 g/mol. The normalized spacial score (nSPS) is 10.3. The monoisotopic (exact) mass is 209 g/mol. The lowest BCUT2D eigenvalue weighted by Crippen LogP contribution is -2.30. The Bertz CT molecular complexity index is 251. The Balaban J connectivity index is 2.50. The fourth-order valence-electron chi connectivity index (χ4n) is 1.45. The van der Waals surface area contributed by atoms with Crippen LogP contribution in [0.4, 0.5) is 5.69 Å². The number of hydrogen-bond acceptors (Lipinski definition) is 3. The number of aliphatic hydroxyl groups is 1. The van der Waals surface area contributed by atoms with Gasteiger partial charge in [0.25, 0.3) is 0 Å². The molecule has 0 radical (unpaired) electrons. The van der Waals surface area contributed by atoms with E-state index < -0.39 is 0 Å². The standard InChI is InChI=1S/C12H19NO2/c1-2-15-11-9-13(8-10-14)12-6-4-3-5-7-12/h3-7,14H,2,8-11H2,1H3. The molecule has 1 N–H and O–H groups in total. The highest BCUT2D eigenvalue weighted by atomic mass is 16.5. The molecule has 0 fully saturated rings. The van der Waals surface area contributed by atoms with Crippen LogP contribution in [0.2, 0.25) is 0 Å². The molecule has 0 aromatic heterocycles. The maximum absolute atomic E-state index is 8.97. The van der Waals surface area contributed by atoms with Gasteiger partial charge in [-0.05, 0) is 19.1 Å². The van der Waals surface area contributed by atoms with Gasteiger partial charge in [-0.2, -0.15) is 0 Å². The second kappa shape index (κ2) is 7.26. The van der Waals surface area contributed by atoms with Crippen molar-refractivity contribution in [3.8, 4) is 0 Å². The number of rotatable bonds is 7. The first-order valence-corrected chi connectivity index (χ1v) is 5.37. The van der Waals surface area contributed by atoms with E-state index in [0.717, 1.165) is 18.8 Å². The van der Waals surface area contributed by atoms with E-state index >= 15 is 0 Å². The largest absolute Gasteiger partial charge is 0.395 e. The second-order valence-corrected chi connectivity index (χ2v) is 3.24. The van der Waals surface area contributed by atoms with Crippen LogP contribution in [-0.2, 0) is 4.74 Å². The molecule has 3 heteroatoms. The zero-order valence-electron chi connectivity index (χ0n) is 9.22. The summed E-state index contributed by atoms with van der Waals surface area (Å²) >= 11 is 0. The van der Waals surface area contributed by atoms with Crippen LogP contribution in [-0.4, -0.2) is 38.0 Å². The van der Waals surface area contributed by atoms with Gasteiger partial charge in [-0.15, -0.1) is 0 Å². The van der Waals surface area contributed by atoms with Crippen molar-refractivity contribution in [2.75, 3.05) is 37.8 Å². The van der Waals surface area contributed by atoms with Gasteiger partial charge in [0.1, 0.15) is 0 Å². The first kappa shape index (κ1) is 12.0. The molecule has 0 aliphatic heterocycles. The highest BCUT2D eigenvalue weighted by Gasteiger charge is 2.04. The minimum atomic E-state index is 0.168. The number of benzene rings is 1. The minimum absolute atomic E-state index is 0.168. The second-order valence-electron chi connectivity index (χ2n) is 3.24. The summed E-state index contributed by atoms with van der Waals surface area (Å²) in [6.45, 7) is 5.06. The zero-order chi connectivity index (χ0) is 10.9. The molecule has 1 aromatic rings. The van der Waals surface area contributed by atoms with E-state index in [9.17, 15) is 0 Å². The fraction of sp³-hybridized carbons (Fsp3) is 0.500. The van der Waals surface area contributed by atoms with Crippen molar-refractivity contribution in [2.24, 2.45) is 0 Å². The molecule has 1 rings (SSSR count). The van der Waals surface area contributed by atoms with Gasteiger partial charge in [-0.3, -0.25) is 0 Å². The molecular formula is C12H19NO2. The van der Waals surface area contributed by atoms with E-state index in [1.165, 1.54) is 0 Å². The van der Waals surface area contributed by atoms with Gasteiger partial charge in [0.05, 0.1) is 13.2 Å². The predicted octanol–water partition coefficient (Wildman–Crippen LogP) is 1.52. The fourth-order valence-corrected chi connectivity index (χ4v) is 1.45. The van der Waals surface area contributed by atoms with Crippen molar-refractivity contribution < 1.29 is 9.84 Å². The lowest BCUT2D eigenvalue weighted by molar-refractivity contribution is 0.153. The molecule has 84 valence electrons. The third kappa shape index (κ3) is 4.32. The van der Waals surface area contributed by atoms with Crippen LogP contribution in [0.5, 0.6) is 0 Å². The summed E-state index contributed by atoms with van der Waals surface area (Å²) in [7, 11) is 0. The van der Waals surface area contributed by atoms with Crippen LogP contribution in [0.1, 0.15) is 6.92 Å². The molecule has 0 aliphatic carbocycles. The molecule has 1 aromatic carbocycles. The summed E-state index contributed by atoms with van der Waals surface area (Å²) < 4.78 is 5.31. The summed E-state index contributed by atoms with van der Waals surface area (Å²) in [5, 5.41) is 8.97. The molecule has 3 nitrogen and oxygen atoms in total. The maximum Gasteiger partial charge on any atom is 0.0641 e. The van der Waals surface area contributed by atoms with Crippen LogP contribution in [0, 0.1) is 0 Å². The smallest absolute Gasteiger partial charge is 0.0641 e. The van der Waals surface area contributed by atoms with Crippen molar-refractivity contribution in [1.82, 2.24) is 0 Å². The highest BCUT2D eigenvalue weighted by Crippen LogP contribution is 2.11. The molecule has 0 spiro atoms. The molecule has 0 aliphatic rings. The topological polar surface area (TPSA) is 32.7 Å². The molecule has 15 heavy (non-hydrogen) atoms. The minimum Gasteiger partial charge on any atom is -0.395 e. The number of para-hydroxylation sites is 1. The first-order chi connectivity index (χ1) is 7.38. The van der Waals surface area contributed by atoms with Crippen molar-refractivity contribution in [3.05, 3.63) is 30.3 Å². The van der Waals surface area contributed by atoms with Gasteiger partial charge in [0.15, 0.2) is 0 Å². The predicted molar refractivity (Wildman–Crippen MR) is 62.2 cm³/mol. The van der Waals surface area contributed by atoms with E-state index in [1.54, 1.807) is 0 Å². The van der Waals surface area contributed by atoms with Crippen molar-refractivity contribution in [3.63, 3.8) is 0 Å². The number of nitrogens with zero attached hydrogens (tertiary/aromatic N) is 1. The van der Waals surface area contributed by atoms with Crippen molar-refractivity contribution in [1.29, 1.82) is 0 Å². The molecule has 0 bridgehead atoms. The third-order valence-electron chi connectivity index (χ3n) is 2.20. The van der Waals surface area contributed by atoms with E-state index in [2.05, 4.69) is 4.90 Å². The summed E-state index contributed by atoms with van der Waals surface area (Å²) in [5.41, 5.74) is 1.13. The molecule has 0 amide bonds. The number of aliphatic hydroxyl groups excluding tert-OH is 1. The molecule has 0 heterocycles. The lowest BCUT2D eigenvalue weighted by Gasteiger charge is -2.23. The summed E-state index contributed by atoms with van der Waals surface area (Å²) in [5.74, 6) is 0. The van der Waals surface area contributed by atoms with E-state index in [-0.39, 0.29) is 6.61 Å². The third-order valence-corrected chi connectivity index (χ3v) is 2.20. The Morgan fingerprint density at radius 3 is 2.53 bits per heavy atom. The Labute approximate surface area is 91.3 Å². The van der Waals surface area contributed by atoms with E-state index in [0.29, 0.717) is 13.2 Å². The Morgan fingerprint density at radius 1 is 1.20 bits per heavy atom. The SMILES string of the molecule is CCOCCN(CCO)c1ccccc1. The van der Waals surface area contributed by atoms with Gasteiger partial charge in [-0.1, -0.05) is 18.2 Å². The molecule has 0 saturated heterocycles. The average molecular weight is 209 g/mol. The first-order valence-electron chi connectivity index (χ1n) is 5.37. The summed E-state index contributed by atoms with van der Waals surface area (Å²) in [6.07, 6.45) is 0. The average Bonchev–Trinajstić information content (AvgIpc) is 2.29. The Morgan fingerprint density at radius 2 is 1.93 bits per heavy atom. The number of hydrogen-bond donors (Lipinski definition) is 1. The van der Waals surface area contributed by atoms with Crippen molar-refractivity contribution >= 4 is 5.69 Å². The van der Waals surface area contributed by atoms with Gasteiger partial charge in [0, 0.05) is 25.4 Å².